The molecule has 3 heterocycles. The molecule has 4 rings (SSSR count). The first-order valence-electron chi connectivity index (χ1n) is 10.5. The van der Waals surface area contributed by atoms with E-state index in [1.54, 1.807) is 0 Å². The first kappa shape index (κ1) is 19.4. The second-order valence-electron chi connectivity index (χ2n) is 8.13. The van der Waals surface area contributed by atoms with Crippen LogP contribution in [0.5, 0.6) is 0 Å². The van der Waals surface area contributed by atoms with Crippen molar-refractivity contribution in [2.75, 3.05) is 13.1 Å². The number of fused-ring (bicyclic) bond motifs is 1. The van der Waals surface area contributed by atoms with E-state index in [4.69, 9.17) is 0 Å². The fraction of sp³-hybridized carbons (Fsp3) is 0.375. The summed E-state index contributed by atoms with van der Waals surface area (Å²) < 4.78 is 0. The summed E-state index contributed by atoms with van der Waals surface area (Å²) in [5, 5.41) is 8.24. The standard InChI is InChI=1S/C24H31N5/c1-17-8-9-24-20(12-17)14-23(28-24)15-26-19(3)27-22-7-5-11-29(16-22)18(2)13-21-6-4-10-25-21/h6,8-10,12,14,22,26-28H,2-5,7,11,13,15-16H2,1H3. The summed E-state index contributed by atoms with van der Waals surface area (Å²) in [6.45, 7) is 13.4. The van der Waals surface area contributed by atoms with Gasteiger partial charge in [-0.1, -0.05) is 30.9 Å². The third-order valence-corrected chi connectivity index (χ3v) is 5.67. The normalized spacial score (nSPS) is 18.7. The number of benzene rings is 1. The Morgan fingerprint density at radius 1 is 1.31 bits per heavy atom. The molecule has 1 aromatic carbocycles. The molecule has 2 aliphatic rings. The predicted molar refractivity (Wildman–Crippen MR) is 122 cm³/mol. The number of piperidine rings is 1. The SMILES string of the molecule is C=C(NCc1cc2cc(C)ccc2[nH]1)NC1CCCN(C(=C)CC2=CCC=N2)C1. The molecule has 1 fully saturated rings. The zero-order chi connectivity index (χ0) is 20.2. The molecule has 5 heteroatoms. The topological polar surface area (TPSA) is 55.5 Å². The van der Waals surface area contributed by atoms with Crippen LogP contribution in [0.25, 0.3) is 10.9 Å². The molecular formula is C24H31N5. The van der Waals surface area contributed by atoms with Crippen LogP contribution < -0.4 is 10.6 Å². The van der Waals surface area contributed by atoms with Crippen LogP contribution in [0.15, 0.2) is 65.7 Å². The molecule has 2 aliphatic heterocycles. The van der Waals surface area contributed by atoms with E-state index in [0.717, 1.165) is 68.2 Å². The summed E-state index contributed by atoms with van der Waals surface area (Å²) in [6, 6.07) is 9.06. The zero-order valence-electron chi connectivity index (χ0n) is 17.3. The number of hydrogen-bond donors (Lipinski definition) is 3. The van der Waals surface area contributed by atoms with Gasteiger partial charge in [0.25, 0.3) is 0 Å². The lowest BCUT2D eigenvalue weighted by molar-refractivity contribution is 0.237. The van der Waals surface area contributed by atoms with Crippen molar-refractivity contribution in [3.8, 4) is 0 Å². The fourth-order valence-electron chi connectivity index (χ4n) is 4.14. The molecule has 5 nitrogen and oxygen atoms in total. The van der Waals surface area contributed by atoms with Crippen LogP contribution in [-0.4, -0.2) is 35.2 Å². The second kappa shape index (κ2) is 8.60. The molecule has 1 unspecified atom stereocenters. The lowest BCUT2D eigenvalue weighted by Gasteiger charge is -2.36. The highest BCUT2D eigenvalue weighted by Gasteiger charge is 2.21. The zero-order valence-corrected chi connectivity index (χ0v) is 17.3. The van der Waals surface area contributed by atoms with Gasteiger partial charge in [-0.3, -0.25) is 4.99 Å². The van der Waals surface area contributed by atoms with Crippen LogP contribution in [0, 0.1) is 6.92 Å². The number of nitrogens with one attached hydrogen (secondary N) is 3. The highest BCUT2D eigenvalue weighted by atomic mass is 15.2. The third-order valence-electron chi connectivity index (χ3n) is 5.67. The minimum absolute atomic E-state index is 0.381. The van der Waals surface area contributed by atoms with Crippen molar-refractivity contribution >= 4 is 17.1 Å². The van der Waals surface area contributed by atoms with Gasteiger partial charge in [0, 0.05) is 60.8 Å². The molecule has 3 N–H and O–H groups in total. The van der Waals surface area contributed by atoms with E-state index >= 15 is 0 Å². The van der Waals surface area contributed by atoms with E-state index in [-0.39, 0.29) is 0 Å². The third kappa shape index (κ3) is 4.91. The maximum Gasteiger partial charge on any atom is 0.0918 e. The first-order valence-corrected chi connectivity index (χ1v) is 10.5. The van der Waals surface area contributed by atoms with Gasteiger partial charge in [-0.15, -0.1) is 0 Å². The molecule has 29 heavy (non-hydrogen) atoms. The molecule has 0 saturated carbocycles. The number of allylic oxidation sites excluding steroid dienone is 1. The van der Waals surface area contributed by atoms with Crippen molar-refractivity contribution in [1.82, 2.24) is 20.5 Å². The monoisotopic (exact) mass is 389 g/mol. The van der Waals surface area contributed by atoms with Gasteiger partial charge in [0.15, 0.2) is 0 Å². The minimum Gasteiger partial charge on any atom is -0.373 e. The van der Waals surface area contributed by atoms with E-state index in [1.165, 1.54) is 16.5 Å². The van der Waals surface area contributed by atoms with Gasteiger partial charge in [-0.25, -0.2) is 0 Å². The predicted octanol–water partition coefficient (Wildman–Crippen LogP) is 4.35. The summed E-state index contributed by atoms with van der Waals surface area (Å²) in [7, 11) is 0. The Morgan fingerprint density at radius 3 is 3.03 bits per heavy atom. The Balaban J connectivity index is 1.26. The Morgan fingerprint density at radius 2 is 2.21 bits per heavy atom. The summed E-state index contributed by atoms with van der Waals surface area (Å²) in [6.07, 6.45) is 8.26. The van der Waals surface area contributed by atoms with E-state index in [9.17, 15) is 0 Å². The van der Waals surface area contributed by atoms with Crippen LogP contribution in [0.1, 0.15) is 36.9 Å². The molecule has 0 aliphatic carbocycles. The Bertz CT molecular complexity index is 965. The molecular weight excluding hydrogens is 358 g/mol. The second-order valence-corrected chi connectivity index (χ2v) is 8.13. The lowest BCUT2D eigenvalue weighted by Crippen LogP contribution is -2.46. The molecule has 0 bridgehead atoms. The van der Waals surface area contributed by atoms with Crippen LogP contribution in [-0.2, 0) is 6.54 Å². The van der Waals surface area contributed by atoms with Crippen molar-refractivity contribution < 1.29 is 0 Å². The highest BCUT2D eigenvalue weighted by Crippen LogP contribution is 2.22. The smallest absolute Gasteiger partial charge is 0.0918 e. The number of aromatic nitrogens is 1. The number of rotatable bonds is 8. The molecule has 152 valence electrons. The maximum absolute atomic E-state index is 4.42. The Labute approximate surface area is 173 Å². The molecule has 0 radical (unpaired) electrons. The number of aliphatic imine (C=N–C) groups is 1. The summed E-state index contributed by atoms with van der Waals surface area (Å²) in [5.41, 5.74) is 5.92. The Kier molecular flexibility index (Phi) is 5.74. The van der Waals surface area contributed by atoms with Crippen molar-refractivity contribution in [2.24, 2.45) is 4.99 Å². The largest absolute Gasteiger partial charge is 0.373 e. The van der Waals surface area contributed by atoms with Gasteiger partial charge >= 0.3 is 0 Å². The van der Waals surface area contributed by atoms with E-state index < -0.39 is 0 Å². The number of likely N-dealkylation sites (tertiary alicyclic amines) is 1. The van der Waals surface area contributed by atoms with Gasteiger partial charge in [-0.05, 0) is 43.4 Å². The van der Waals surface area contributed by atoms with Crippen LogP contribution in [0.4, 0.5) is 0 Å². The molecule has 0 amide bonds. The number of hydrogen-bond acceptors (Lipinski definition) is 4. The van der Waals surface area contributed by atoms with Crippen LogP contribution in [0.3, 0.4) is 0 Å². The van der Waals surface area contributed by atoms with Crippen LogP contribution in [0.2, 0.25) is 0 Å². The fourth-order valence-corrected chi connectivity index (χ4v) is 4.14. The molecule has 1 atom stereocenters. The minimum atomic E-state index is 0.381. The van der Waals surface area contributed by atoms with Gasteiger partial charge in [0.05, 0.1) is 12.4 Å². The van der Waals surface area contributed by atoms with Gasteiger partial charge in [0.2, 0.25) is 0 Å². The number of aryl methyl sites for hydroxylation is 1. The van der Waals surface area contributed by atoms with Crippen molar-refractivity contribution in [1.29, 1.82) is 0 Å². The maximum atomic E-state index is 4.42. The van der Waals surface area contributed by atoms with E-state index in [1.807, 2.05) is 6.21 Å². The molecule has 1 aromatic heterocycles. The molecule has 0 spiro atoms. The van der Waals surface area contributed by atoms with Gasteiger partial charge < -0.3 is 20.5 Å². The van der Waals surface area contributed by atoms with Gasteiger partial charge in [0.1, 0.15) is 0 Å². The summed E-state index contributed by atoms with van der Waals surface area (Å²) in [5.74, 6) is 0.875. The average molecular weight is 390 g/mol. The average Bonchev–Trinajstić information content (AvgIpc) is 3.35. The van der Waals surface area contributed by atoms with E-state index in [2.05, 4.69) is 75.9 Å². The summed E-state index contributed by atoms with van der Waals surface area (Å²) >= 11 is 0. The summed E-state index contributed by atoms with van der Waals surface area (Å²) in [4.78, 5) is 10.3. The highest BCUT2D eigenvalue weighted by molar-refractivity contribution is 5.81. The van der Waals surface area contributed by atoms with Crippen molar-refractivity contribution in [3.05, 3.63) is 72.0 Å². The first-order chi connectivity index (χ1) is 14.1. The number of aromatic amines is 1. The quantitative estimate of drug-likeness (QED) is 0.629. The van der Waals surface area contributed by atoms with Crippen molar-refractivity contribution in [3.63, 3.8) is 0 Å². The number of nitrogens with zero attached hydrogens (tertiary/aromatic N) is 2. The Hall–Kier alpha value is -2.95. The van der Waals surface area contributed by atoms with Crippen molar-refractivity contribution in [2.45, 2.75) is 45.2 Å². The lowest BCUT2D eigenvalue weighted by atomic mass is 10.0. The van der Waals surface area contributed by atoms with Gasteiger partial charge in [-0.2, -0.15) is 0 Å². The molecule has 2 aromatic rings. The van der Waals surface area contributed by atoms with Crippen LogP contribution >= 0.6 is 0 Å². The number of H-pyrrole nitrogens is 1. The molecule has 1 saturated heterocycles. The van der Waals surface area contributed by atoms with E-state index in [0.29, 0.717) is 6.04 Å².